The van der Waals surface area contributed by atoms with Crippen LogP contribution in [-0.2, 0) is 20.8 Å². The Morgan fingerprint density at radius 2 is 1.97 bits per heavy atom. The summed E-state index contributed by atoms with van der Waals surface area (Å²) in [6.07, 6.45) is 10.9. The molecule has 2 heterocycles. The molecule has 1 saturated heterocycles. The number of oxime groups is 1. The molecule has 3 rings (SSSR count). The monoisotopic (exact) mass is 471 g/mol. The van der Waals surface area contributed by atoms with Crippen molar-refractivity contribution in [1.82, 2.24) is 4.90 Å². The van der Waals surface area contributed by atoms with Crippen molar-refractivity contribution in [2.45, 2.75) is 57.6 Å². The number of nitrogens with zero attached hydrogens (tertiary/aromatic N) is 2. The zero-order valence-electron chi connectivity index (χ0n) is 19.5. The van der Waals surface area contributed by atoms with Gasteiger partial charge in [-0.2, -0.15) is 0 Å². The van der Waals surface area contributed by atoms with E-state index in [1.807, 2.05) is 18.2 Å². The number of rotatable bonds is 3. The topological polar surface area (TPSA) is 135 Å². The van der Waals surface area contributed by atoms with Crippen molar-refractivity contribution in [2.75, 3.05) is 19.7 Å². The third kappa shape index (κ3) is 7.34. The van der Waals surface area contributed by atoms with Crippen LogP contribution in [0.2, 0.25) is 0 Å². The molecule has 9 heteroatoms. The third-order valence-corrected chi connectivity index (χ3v) is 5.72. The lowest BCUT2D eigenvalue weighted by Gasteiger charge is -2.26. The molecular weight excluding hydrogens is 438 g/mol. The Hall–Kier alpha value is -3.33. The minimum absolute atomic E-state index is 0.0483. The molecular formula is C25H33N3O6. The summed E-state index contributed by atoms with van der Waals surface area (Å²) in [5.74, 6) is -1.43. The molecule has 0 aromatic heterocycles. The van der Waals surface area contributed by atoms with Crippen LogP contribution in [0.3, 0.4) is 0 Å². The van der Waals surface area contributed by atoms with E-state index in [-0.39, 0.29) is 42.0 Å². The molecule has 0 aliphatic carbocycles. The SMILES string of the molecule is C[C@@H]1C/C=C/[C@@H](N)C/C=C/C(=NOCC(=O)N2CCCCC2)Cc2cc(O)cc(O)c2C(=O)O1. The average molecular weight is 472 g/mol. The van der Waals surface area contributed by atoms with Crippen LogP contribution < -0.4 is 5.73 Å². The smallest absolute Gasteiger partial charge is 0.342 e. The van der Waals surface area contributed by atoms with Gasteiger partial charge in [0, 0.05) is 38.0 Å². The number of esters is 1. The number of carbonyl (C=O) groups is 2. The Morgan fingerprint density at radius 3 is 2.74 bits per heavy atom. The molecule has 1 aromatic carbocycles. The molecule has 0 saturated carbocycles. The van der Waals surface area contributed by atoms with E-state index in [2.05, 4.69) is 5.16 Å². The number of piperidine rings is 1. The third-order valence-electron chi connectivity index (χ3n) is 5.72. The first kappa shape index (κ1) is 25.3. The number of likely N-dealkylation sites (tertiary alicyclic amines) is 1. The van der Waals surface area contributed by atoms with E-state index in [0.29, 0.717) is 24.1 Å². The number of benzene rings is 1. The molecule has 2 aliphatic rings. The lowest BCUT2D eigenvalue weighted by Crippen LogP contribution is -2.37. The van der Waals surface area contributed by atoms with Gasteiger partial charge >= 0.3 is 5.97 Å². The number of hydrogen-bond donors (Lipinski definition) is 3. The van der Waals surface area contributed by atoms with Crippen molar-refractivity contribution in [1.29, 1.82) is 0 Å². The van der Waals surface area contributed by atoms with Crippen LogP contribution in [-0.4, -0.2) is 64.5 Å². The minimum atomic E-state index is -0.709. The van der Waals surface area contributed by atoms with E-state index in [1.165, 1.54) is 6.07 Å². The Labute approximate surface area is 199 Å². The van der Waals surface area contributed by atoms with Crippen LogP contribution in [0.25, 0.3) is 0 Å². The van der Waals surface area contributed by atoms with E-state index in [9.17, 15) is 19.8 Å². The number of hydrogen-bond acceptors (Lipinski definition) is 8. The fourth-order valence-electron chi connectivity index (χ4n) is 3.94. The molecule has 9 nitrogen and oxygen atoms in total. The number of nitrogens with two attached hydrogens (primary N) is 1. The highest BCUT2D eigenvalue weighted by atomic mass is 16.6. The molecule has 0 unspecified atom stereocenters. The normalized spacial score (nSPS) is 25.1. The first-order valence-corrected chi connectivity index (χ1v) is 11.6. The number of ether oxygens (including phenoxy) is 1. The molecule has 2 aliphatic heterocycles. The maximum Gasteiger partial charge on any atom is 0.342 e. The van der Waals surface area contributed by atoms with Gasteiger partial charge in [-0.1, -0.05) is 23.4 Å². The molecule has 1 aromatic rings. The van der Waals surface area contributed by atoms with Crippen LogP contribution >= 0.6 is 0 Å². The van der Waals surface area contributed by atoms with E-state index < -0.39 is 12.1 Å². The summed E-state index contributed by atoms with van der Waals surface area (Å²) >= 11 is 0. The van der Waals surface area contributed by atoms with Crippen LogP contribution in [0.1, 0.15) is 54.9 Å². The molecule has 0 radical (unpaired) electrons. The summed E-state index contributed by atoms with van der Waals surface area (Å²) < 4.78 is 5.48. The highest BCUT2D eigenvalue weighted by Crippen LogP contribution is 2.29. The number of carbonyl (C=O) groups excluding carboxylic acids is 2. The van der Waals surface area contributed by atoms with Gasteiger partial charge in [-0.15, -0.1) is 0 Å². The zero-order chi connectivity index (χ0) is 24.5. The Balaban J connectivity index is 1.86. The minimum Gasteiger partial charge on any atom is -0.508 e. The second kappa shape index (κ2) is 12.2. The summed E-state index contributed by atoms with van der Waals surface area (Å²) in [6.45, 7) is 2.99. The predicted octanol–water partition coefficient (Wildman–Crippen LogP) is 2.80. The van der Waals surface area contributed by atoms with Crippen LogP contribution in [0.5, 0.6) is 11.5 Å². The Kier molecular flexibility index (Phi) is 9.09. The number of phenols is 2. The molecule has 2 atom stereocenters. The highest BCUT2D eigenvalue weighted by molar-refractivity contribution is 6.00. The van der Waals surface area contributed by atoms with Crippen LogP contribution in [0, 0.1) is 0 Å². The zero-order valence-corrected chi connectivity index (χ0v) is 19.5. The van der Waals surface area contributed by atoms with Crippen molar-refractivity contribution in [3.05, 3.63) is 47.6 Å². The fourth-order valence-corrected chi connectivity index (χ4v) is 3.94. The van der Waals surface area contributed by atoms with Gasteiger partial charge in [0.2, 0.25) is 0 Å². The van der Waals surface area contributed by atoms with Crippen LogP contribution in [0.4, 0.5) is 0 Å². The maximum absolute atomic E-state index is 12.8. The number of amides is 1. The first-order valence-electron chi connectivity index (χ1n) is 11.6. The first-order chi connectivity index (χ1) is 16.3. The second-order valence-electron chi connectivity index (χ2n) is 8.66. The van der Waals surface area contributed by atoms with Crippen molar-refractivity contribution in [3.8, 4) is 11.5 Å². The quantitative estimate of drug-likeness (QED) is 0.350. The van der Waals surface area contributed by atoms with Gasteiger partial charge in [-0.05, 0) is 50.3 Å². The molecule has 184 valence electrons. The van der Waals surface area contributed by atoms with E-state index in [1.54, 1.807) is 17.9 Å². The van der Waals surface area contributed by atoms with Crippen molar-refractivity contribution in [2.24, 2.45) is 10.9 Å². The molecule has 0 bridgehead atoms. The maximum atomic E-state index is 12.8. The number of aromatic hydroxyl groups is 2. The van der Waals surface area contributed by atoms with Gasteiger partial charge in [0.25, 0.3) is 5.91 Å². The average Bonchev–Trinajstić information content (AvgIpc) is 2.78. The summed E-state index contributed by atoms with van der Waals surface area (Å²) in [6, 6.07) is 2.24. The molecule has 1 fully saturated rings. The Morgan fingerprint density at radius 1 is 1.21 bits per heavy atom. The van der Waals surface area contributed by atoms with Gasteiger partial charge in [-0.3, -0.25) is 4.79 Å². The van der Waals surface area contributed by atoms with Crippen LogP contribution in [0.15, 0.2) is 41.6 Å². The van der Waals surface area contributed by atoms with E-state index in [4.69, 9.17) is 15.3 Å². The molecule has 34 heavy (non-hydrogen) atoms. The van der Waals surface area contributed by atoms with E-state index in [0.717, 1.165) is 38.4 Å². The number of phenolic OH excluding ortho intramolecular Hbond substituents is 2. The standard InChI is InChI=1S/C25H33N3O6/c1-17-7-5-8-19(26)9-6-10-20(27-33-16-23(31)28-11-3-2-4-12-28)13-18-14-21(29)15-22(30)24(18)25(32)34-17/h5-6,8,10,14-15,17,19,29-30H,2-4,7,9,11-13,16,26H2,1H3/b8-5+,10-6+,27-20?/t17-,19-/m1/s1. The largest absolute Gasteiger partial charge is 0.508 e. The number of cyclic esters (lactones) is 1. The van der Waals surface area contributed by atoms with Gasteiger partial charge in [0.15, 0.2) is 6.61 Å². The number of fused-ring (bicyclic) bond motifs is 1. The molecule has 0 spiro atoms. The lowest BCUT2D eigenvalue weighted by molar-refractivity contribution is -0.137. The van der Waals surface area contributed by atoms with E-state index >= 15 is 0 Å². The predicted molar refractivity (Wildman–Crippen MR) is 128 cm³/mol. The lowest BCUT2D eigenvalue weighted by atomic mass is 9.99. The van der Waals surface area contributed by atoms with Gasteiger partial charge in [0.1, 0.15) is 23.2 Å². The fraction of sp³-hybridized carbons (Fsp3) is 0.480. The highest BCUT2D eigenvalue weighted by Gasteiger charge is 2.22. The molecule has 1 amide bonds. The van der Waals surface area contributed by atoms with Crippen molar-refractivity contribution < 1.29 is 29.4 Å². The summed E-state index contributed by atoms with van der Waals surface area (Å²) in [4.78, 5) is 32.3. The second-order valence-corrected chi connectivity index (χ2v) is 8.66. The number of allylic oxidation sites excluding steroid dienone is 1. The summed E-state index contributed by atoms with van der Waals surface area (Å²) in [7, 11) is 0. The van der Waals surface area contributed by atoms with Crippen molar-refractivity contribution in [3.63, 3.8) is 0 Å². The van der Waals surface area contributed by atoms with Gasteiger partial charge < -0.3 is 30.4 Å². The van der Waals surface area contributed by atoms with Gasteiger partial charge in [-0.25, -0.2) is 4.79 Å². The van der Waals surface area contributed by atoms with Gasteiger partial charge in [0.05, 0.1) is 5.71 Å². The molecule has 4 N–H and O–H groups in total. The summed E-state index contributed by atoms with van der Waals surface area (Å²) in [5, 5.41) is 24.5. The summed E-state index contributed by atoms with van der Waals surface area (Å²) in [5.41, 5.74) is 6.78. The van der Waals surface area contributed by atoms with Crippen molar-refractivity contribution >= 4 is 17.6 Å². The Bertz CT molecular complexity index is 966.